The monoisotopic (exact) mass is 728 g/mol. The van der Waals surface area contributed by atoms with Crippen LogP contribution in [0.3, 0.4) is 0 Å². The summed E-state index contributed by atoms with van der Waals surface area (Å²) in [7, 11) is -0.625. The fraction of sp³-hybridized carbons (Fsp3) is 0.786. The summed E-state index contributed by atoms with van der Waals surface area (Å²) in [6, 6.07) is 0. The van der Waals surface area contributed by atoms with E-state index in [4.69, 9.17) is 13.6 Å². The largest absolute Gasteiger partial charge is 0.440 e. The second-order valence-electron chi connectivity index (χ2n) is 19.9. The minimum Gasteiger partial charge on any atom is -0.440 e. The molecular formula is C42H73NO5Si2. The number of aliphatic hydroxyl groups is 1. The van der Waals surface area contributed by atoms with E-state index in [1.54, 1.807) is 19.7 Å². The van der Waals surface area contributed by atoms with Gasteiger partial charge in [-0.25, -0.2) is 4.79 Å². The molecular weight excluding hydrogens is 655 g/mol. The normalized spacial score (nSPS) is 31.9. The lowest BCUT2D eigenvalue weighted by Crippen LogP contribution is -2.49. The Balaban J connectivity index is 1.54. The molecule has 4 fully saturated rings. The molecule has 0 saturated heterocycles. The summed E-state index contributed by atoms with van der Waals surface area (Å²) in [6.45, 7) is 32.9. The number of carbonyl (C=O) groups excluding carboxylic acids is 1. The van der Waals surface area contributed by atoms with Crippen LogP contribution in [0, 0.1) is 23.2 Å². The lowest BCUT2D eigenvalue weighted by molar-refractivity contribution is -0.00426. The number of nitrogens with zero attached hydrogens (tertiary/aromatic N) is 1. The number of aliphatic hydroxyl groups excluding tert-OH is 1. The SMILES string of the molecule is C=C1/C(=C\C=C2/CCC[C@]3(C)[C@@H]([C@H](C)/C=C/[C@H](O)C4(OC(=O)N(C)C)CC4)CC[C@@H]23)C[C@@H](O[Si](C)(C)C(C)(C)C)C[C@@H]1O[Si](C)(C)C(C)(C)C. The number of hydrogen-bond acceptors (Lipinski definition) is 5. The highest BCUT2D eigenvalue weighted by atomic mass is 28.4. The van der Waals surface area contributed by atoms with Crippen LogP contribution in [0.15, 0.2) is 47.6 Å². The molecule has 0 aromatic heterocycles. The van der Waals surface area contributed by atoms with Gasteiger partial charge < -0.3 is 23.6 Å². The Kier molecular flexibility index (Phi) is 12.2. The summed E-state index contributed by atoms with van der Waals surface area (Å²) in [5.74, 6) is 1.43. The van der Waals surface area contributed by atoms with Gasteiger partial charge in [0.1, 0.15) is 11.7 Å². The number of carbonyl (C=O) groups is 1. The first-order valence-corrected chi connectivity index (χ1v) is 25.4. The number of hydrogen-bond donors (Lipinski definition) is 1. The van der Waals surface area contributed by atoms with Gasteiger partial charge in [-0.1, -0.05) is 91.8 Å². The number of allylic oxidation sites excluding steroid dienone is 4. The van der Waals surface area contributed by atoms with Crippen LogP contribution in [0.5, 0.6) is 0 Å². The minimum atomic E-state index is -2.02. The molecule has 4 aliphatic carbocycles. The molecule has 0 bridgehead atoms. The zero-order valence-corrected chi connectivity index (χ0v) is 36.4. The van der Waals surface area contributed by atoms with Crippen molar-refractivity contribution in [2.24, 2.45) is 23.2 Å². The smallest absolute Gasteiger partial charge is 0.409 e. The van der Waals surface area contributed by atoms with E-state index in [9.17, 15) is 9.90 Å². The van der Waals surface area contributed by atoms with Gasteiger partial charge in [0.25, 0.3) is 0 Å². The zero-order chi connectivity index (χ0) is 37.7. The Morgan fingerprint density at radius 1 is 0.960 bits per heavy atom. The van der Waals surface area contributed by atoms with E-state index in [0.717, 1.165) is 24.8 Å². The molecule has 4 saturated carbocycles. The van der Waals surface area contributed by atoms with E-state index in [0.29, 0.717) is 30.6 Å². The maximum atomic E-state index is 12.2. The van der Waals surface area contributed by atoms with Crippen LogP contribution in [0.2, 0.25) is 36.3 Å². The summed E-state index contributed by atoms with van der Waals surface area (Å²) in [4.78, 5) is 13.6. The maximum absolute atomic E-state index is 12.2. The minimum absolute atomic E-state index is 0.0132. The van der Waals surface area contributed by atoms with Gasteiger partial charge in [0.05, 0.1) is 12.2 Å². The van der Waals surface area contributed by atoms with Gasteiger partial charge in [0, 0.05) is 20.5 Å². The van der Waals surface area contributed by atoms with Gasteiger partial charge in [0.15, 0.2) is 16.6 Å². The molecule has 7 atom stereocenters. The van der Waals surface area contributed by atoms with Crippen molar-refractivity contribution in [3.05, 3.63) is 47.6 Å². The maximum Gasteiger partial charge on any atom is 0.409 e. The van der Waals surface area contributed by atoms with Crippen LogP contribution >= 0.6 is 0 Å². The fourth-order valence-electron chi connectivity index (χ4n) is 8.34. The van der Waals surface area contributed by atoms with E-state index in [1.165, 1.54) is 36.2 Å². The molecule has 1 N–H and O–H groups in total. The second-order valence-corrected chi connectivity index (χ2v) is 29.4. The van der Waals surface area contributed by atoms with Gasteiger partial charge in [-0.3, -0.25) is 0 Å². The van der Waals surface area contributed by atoms with Gasteiger partial charge in [-0.2, -0.15) is 0 Å². The molecule has 4 aliphatic rings. The van der Waals surface area contributed by atoms with Crippen molar-refractivity contribution in [3.8, 4) is 0 Å². The van der Waals surface area contributed by atoms with Crippen LogP contribution in [0.1, 0.15) is 113 Å². The lowest BCUT2D eigenvalue weighted by Gasteiger charge is -2.45. The Morgan fingerprint density at radius 2 is 1.56 bits per heavy atom. The molecule has 50 heavy (non-hydrogen) atoms. The Bertz CT molecular complexity index is 1340. The lowest BCUT2D eigenvalue weighted by atomic mass is 9.61. The van der Waals surface area contributed by atoms with E-state index in [1.807, 2.05) is 6.08 Å². The van der Waals surface area contributed by atoms with Crippen LogP contribution in [-0.4, -0.2) is 70.7 Å². The van der Waals surface area contributed by atoms with Crippen molar-refractivity contribution in [2.45, 2.75) is 173 Å². The van der Waals surface area contributed by atoms with Crippen molar-refractivity contribution in [3.63, 3.8) is 0 Å². The molecule has 0 aromatic rings. The summed E-state index contributed by atoms with van der Waals surface area (Å²) in [5, 5.41) is 11.3. The Hall–Kier alpha value is -1.46. The molecule has 0 heterocycles. The van der Waals surface area contributed by atoms with Crippen molar-refractivity contribution in [1.82, 2.24) is 4.90 Å². The second kappa shape index (κ2) is 14.8. The highest BCUT2D eigenvalue weighted by molar-refractivity contribution is 6.74. The van der Waals surface area contributed by atoms with Gasteiger partial charge in [0.2, 0.25) is 0 Å². The van der Waals surface area contributed by atoms with E-state index < -0.39 is 28.3 Å². The van der Waals surface area contributed by atoms with Crippen LogP contribution in [0.25, 0.3) is 0 Å². The number of fused-ring (bicyclic) bond motifs is 1. The topological polar surface area (TPSA) is 68.2 Å². The number of rotatable bonds is 10. The molecule has 0 aromatic carbocycles. The average Bonchev–Trinajstić information content (AvgIpc) is 3.67. The predicted octanol–water partition coefficient (Wildman–Crippen LogP) is 11.0. The highest BCUT2D eigenvalue weighted by Crippen LogP contribution is 2.60. The zero-order valence-electron chi connectivity index (χ0n) is 34.4. The third kappa shape index (κ3) is 8.83. The van der Waals surface area contributed by atoms with E-state index in [2.05, 4.69) is 106 Å². The molecule has 0 radical (unpaired) electrons. The van der Waals surface area contributed by atoms with Crippen LogP contribution < -0.4 is 0 Å². The van der Waals surface area contributed by atoms with Crippen LogP contribution in [0.4, 0.5) is 4.79 Å². The first kappa shape index (κ1) is 41.3. The molecule has 0 spiro atoms. The first-order chi connectivity index (χ1) is 22.8. The molecule has 8 heteroatoms. The highest BCUT2D eigenvalue weighted by Gasteiger charge is 2.53. The third-order valence-electron chi connectivity index (χ3n) is 13.9. The van der Waals surface area contributed by atoms with E-state index >= 15 is 0 Å². The van der Waals surface area contributed by atoms with Crippen molar-refractivity contribution in [1.29, 1.82) is 0 Å². The molecule has 4 rings (SSSR count). The summed E-state index contributed by atoms with van der Waals surface area (Å²) in [6.07, 6.45) is 17.1. The third-order valence-corrected chi connectivity index (χ3v) is 23.0. The Morgan fingerprint density at radius 3 is 2.12 bits per heavy atom. The van der Waals surface area contributed by atoms with Gasteiger partial charge in [-0.15, -0.1) is 0 Å². The summed E-state index contributed by atoms with van der Waals surface area (Å²) >= 11 is 0. The quantitative estimate of drug-likeness (QED) is 0.179. The fourth-order valence-corrected chi connectivity index (χ4v) is 11.0. The molecule has 1 amide bonds. The Labute approximate surface area is 308 Å². The first-order valence-electron chi connectivity index (χ1n) is 19.5. The summed E-state index contributed by atoms with van der Waals surface area (Å²) in [5.41, 5.74) is 3.48. The van der Waals surface area contributed by atoms with Crippen molar-refractivity contribution >= 4 is 22.7 Å². The molecule has 6 nitrogen and oxygen atoms in total. The van der Waals surface area contributed by atoms with Crippen LogP contribution in [-0.2, 0) is 13.6 Å². The van der Waals surface area contributed by atoms with Gasteiger partial charge in [-0.05, 0) is 122 Å². The standard InChI is InChI=1S/C42H73NO5Si2/c1-29(18-23-37(44)42(25-26-42)46-38(45)43(10)11)34-21-22-35-31(17-16-24-41(34,35)9)19-20-32-27-33(47-49(12,13)39(3,4)5)28-36(30(32)2)48-50(14,15)40(6,7)8/h18-20,23,29,33-37,44H,2,16-17,21-22,24-28H2,1,3-15H3/b23-18+,31-19+,32-20-/t29-,33-,34-,35+,36+,37+,41-/m1/s1. The van der Waals surface area contributed by atoms with E-state index in [-0.39, 0.29) is 33.8 Å². The number of amides is 1. The molecule has 284 valence electrons. The van der Waals surface area contributed by atoms with Crippen molar-refractivity contribution in [2.75, 3.05) is 14.1 Å². The predicted molar refractivity (Wildman–Crippen MR) is 213 cm³/mol. The van der Waals surface area contributed by atoms with Gasteiger partial charge >= 0.3 is 6.09 Å². The molecule has 0 unspecified atom stereocenters. The average molecular weight is 728 g/mol. The molecule has 0 aliphatic heterocycles. The summed E-state index contributed by atoms with van der Waals surface area (Å²) < 4.78 is 19.9. The number of ether oxygens (including phenoxy) is 1. The van der Waals surface area contributed by atoms with Crippen molar-refractivity contribution < 1.29 is 23.5 Å².